The van der Waals surface area contributed by atoms with Crippen molar-refractivity contribution in [1.29, 1.82) is 0 Å². The van der Waals surface area contributed by atoms with E-state index < -0.39 is 17.3 Å². The van der Waals surface area contributed by atoms with Crippen LogP contribution in [0.25, 0.3) is 10.9 Å². The monoisotopic (exact) mass is 374 g/mol. The van der Waals surface area contributed by atoms with Gasteiger partial charge in [0.15, 0.2) is 0 Å². The van der Waals surface area contributed by atoms with Crippen molar-refractivity contribution in [2.75, 3.05) is 5.32 Å². The van der Waals surface area contributed by atoms with Crippen LogP contribution in [0, 0.1) is 12.7 Å². The zero-order chi connectivity index (χ0) is 16.6. The Morgan fingerprint density at radius 1 is 1.17 bits per heavy atom. The molecule has 1 aromatic heterocycles. The lowest BCUT2D eigenvalue weighted by Crippen LogP contribution is -2.23. The molecule has 0 fully saturated rings. The third kappa shape index (κ3) is 3.32. The molecule has 0 aliphatic rings. The van der Waals surface area contributed by atoms with Crippen molar-refractivity contribution in [3.63, 3.8) is 0 Å². The van der Waals surface area contributed by atoms with E-state index in [0.29, 0.717) is 16.6 Å². The third-order valence-corrected chi connectivity index (χ3v) is 3.81. The summed E-state index contributed by atoms with van der Waals surface area (Å²) in [5.74, 6) is -0.968. The first-order valence-corrected chi connectivity index (χ1v) is 7.63. The summed E-state index contributed by atoms with van der Waals surface area (Å²) in [6.45, 7) is 1.90. The van der Waals surface area contributed by atoms with E-state index in [1.165, 1.54) is 24.3 Å². The minimum absolute atomic E-state index is 0.0262. The average molecular weight is 375 g/mol. The van der Waals surface area contributed by atoms with E-state index in [0.717, 1.165) is 10.0 Å². The molecule has 0 aliphatic carbocycles. The van der Waals surface area contributed by atoms with E-state index in [1.807, 2.05) is 13.0 Å². The molecule has 2 aromatic carbocycles. The van der Waals surface area contributed by atoms with Gasteiger partial charge < -0.3 is 10.3 Å². The number of aryl methyl sites for hydroxylation is 1. The summed E-state index contributed by atoms with van der Waals surface area (Å²) >= 11 is 3.36. The summed E-state index contributed by atoms with van der Waals surface area (Å²) in [6, 6.07) is 10.9. The van der Waals surface area contributed by atoms with Crippen molar-refractivity contribution in [3.8, 4) is 0 Å². The molecule has 23 heavy (non-hydrogen) atoms. The van der Waals surface area contributed by atoms with Gasteiger partial charge in [-0.3, -0.25) is 9.59 Å². The number of H-pyrrole nitrogens is 1. The Morgan fingerprint density at radius 3 is 2.70 bits per heavy atom. The number of hydrogen-bond acceptors (Lipinski definition) is 2. The highest BCUT2D eigenvalue weighted by atomic mass is 79.9. The Morgan fingerprint density at radius 2 is 1.96 bits per heavy atom. The molecular formula is C17H12BrFN2O2. The van der Waals surface area contributed by atoms with Gasteiger partial charge in [-0.25, -0.2) is 4.39 Å². The van der Waals surface area contributed by atoms with Gasteiger partial charge in [0, 0.05) is 10.2 Å². The molecule has 116 valence electrons. The number of hydrogen-bond donors (Lipinski definition) is 2. The highest BCUT2D eigenvalue weighted by Crippen LogP contribution is 2.20. The molecule has 0 atom stereocenters. The Kier molecular flexibility index (Phi) is 4.00. The van der Waals surface area contributed by atoms with Gasteiger partial charge in [0.2, 0.25) is 0 Å². The molecule has 2 N–H and O–H groups in total. The molecule has 0 unspecified atom stereocenters. The topological polar surface area (TPSA) is 62.0 Å². The second-order valence-corrected chi connectivity index (χ2v) is 6.13. The minimum Gasteiger partial charge on any atom is -0.322 e. The molecule has 0 radical (unpaired) electrons. The Bertz CT molecular complexity index is 962. The van der Waals surface area contributed by atoms with Gasteiger partial charge in [-0.1, -0.05) is 15.9 Å². The maximum atomic E-state index is 13.2. The summed E-state index contributed by atoms with van der Waals surface area (Å²) < 4.78 is 14.0. The molecule has 1 heterocycles. The van der Waals surface area contributed by atoms with Crippen molar-refractivity contribution in [2.45, 2.75) is 6.92 Å². The van der Waals surface area contributed by atoms with Gasteiger partial charge in [0.05, 0.1) is 5.52 Å². The number of aromatic amines is 1. The Hall–Kier alpha value is -2.47. The largest absolute Gasteiger partial charge is 0.322 e. The van der Waals surface area contributed by atoms with Crippen LogP contribution in [0.4, 0.5) is 10.1 Å². The predicted octanol–water partition coefficient (Wildman–Crippen LogP) is 3.99. The summed E-state index contributed by atoms with van der Waals surface area (Å²) in [6.07, 6.45) is 0. The number of aromatic nitrogens is 1. The number of fused-ring (bicyclic) bond motifs is 1. The summed E-state index contributed by atoms with van der Waals surface area (Å²) in [4.78, 5) is 26.9. The van der Waals surface area contributed by atoms with E-state index in [1.54, 1.807) is 12.1 Å². The standard InChI is InChI=1S/C17H12BrFN2O2/c1-9-4-11(18)7-13(5-9)20-16(22)14-6-10-2-3-12(19)8-15(10)21-17(14)23/h2-8H,1H3,(H,20,22)(H,21,23). The predicted molar refractivity (Wildman–Crippen MR) is 91.4 cm³/mol. The molecule has 3 rings (SSSR count). The molecule has 0 aliphatic heterocycles. The quantitative estimate of drug-likeness (QED) is 0.712. The summed E-state index contributed by atoms with van der Waals surface area (Å²) in [5, 5.41) is 3.28. The fourth-order valence-corrected chi connectivity index (χ4v) is 2.96. The fourth-order valence-electron chi connectivity index (χ4n) is 2.35. The van der Waals surface area contributed by atoms with Gasteiger partial charge in [0.25, 0.3) is 11.5 Å². The van der Waals surface area contributed by atoms with Crippen LogP contribution in [-0.2, 0) is 0 Å². The molecule has 0 saturated carbocycles. The lowest BCUT2D eigenvalue weighted by molar-refractivity contribution is 0.102. The maximum Gasteiger partial charge on any atom is 0.261 e. The molecule has 6 heteroatoms. The number of carbonyl (C=O) groups excluding carboxylic acids is 1. The molecule has 4 nitrogen and oxygen atoms in total. The third-order valence-electron chi connectivity index (χ3n) is 3.35. The van der Waals surface area contributed by atoms with Crippen LogP contribution in [0.2, 0.25) is 0 Å². The first-order valence-electron chi connectivity index (χ1n) is 6.83. The lowest BCUT2D eigenvalue weighted by Gasteiger charge is -2.07. The lowest BCUT2D eigenvalue weighted by atomic mass is 10.1. The SMILES string of the molecule is Cc1cc(Br)cc(NC(=O)c2cc3ccc(F)cc3[nH]c2=O)c1. The number of benzene rings is 2. The second-order valence-electron chi connectivity index (χ2n) is 5.22. The molecule has 0 spiro atoms. The number of nitrogens with one attached hydrogen (secondary N) is 2. The van der Waals surface area contributed by atoms with Gasteiger partial charge in [-0.2, -0.15) is 0 Å². The van der Waals surface area contributed by atoms with Crippen LogP contribution in [0.1, 0.15) is 15.9 Å². The van der Waals surface area contributed by atoms with Gasteiger partial charge >= 0.3 is 0 Å². The van der Waals surface area contributed by atoms with E-state index in [9.17, 15) is 14.0 Å². The molecular weight excluding hydrogens is 363 g/mol. The van der Waals surface area contributed by atoms with Crippen molar-refractivity contribution in [3.05, 3.63) is 74.2 Å². The normalized spacial score (nSPS) is 10.7. The molecule has 3 aromatic rings. The maximum absolute atomic E-state index is 13.2. The zero-order valence-corrected chi connectivity index (χ0v) is 13.7. The summed E-state index contributed by atoms with van der Waals surface area (Å²) in [7, 11) is 0. The second kappa shape index (κ2) is 5.96. The molecule has 0 saturated heterocycles. The number of rotatable bonds is 2. The number of halogens is 2. The van der Waals surface area contributed by atoms with Crippen molar-refractivity contribution in [2.24, 2.45) is 0 Å². The van der Waals surface area contributed by atoms with Crippen molar-refractivity contribution < 1.29 is 9.18 Å². The molecule has 1 amide bonds. The molecule has 0 bridgehead atoms. The van der Waals surface area contributed by atoms with Crippen LogP contribution in [-0.4, -0.2) is 10.9 Å². The van der Waals surface area contributed by atoms with Gasteiger partial charge in [-0.15, -0.1) is 0 Å². The Balaban J connectivity index is 1.99. The van der Waals surface area contributed by atoms with Gasteiger partial charge in [-0.05, 0) is 60.3 Å². The minimum atomic E-state index is -0.563. The number of pyridine rings is 1. The number of amides is 1. The van der Waals surface area contributed by atoms with E-state index in [2.05, 4.69) is 26.2 Å². The van der Waals surface area contributed by atoms with Crippen molar-refractivity contribution in [1.82, 2.24) is 4.98 Å². The van der Waals surface area contributed by atoms with E-state index >= 15 is 0 Å². The Labute approximate surface area is 139 Å². The highest BCUT2D eigenvalue weighted by Gasteiger charge is 2.13. The first kappa shape index (κ1) is 15.4. The average Bonchev–Trinajstić information content (AvgIpc) is 2.45. The first-order chi connectivity index (χ1) is 10.9. The van der Waals surface area contributed by atoms with E-state index in [4.69, 9.17) is 0 Å². The van der Waals surface area contributed by atoms with E-state index in [-0.39, 0.29) is 5.56 Å². The number of anilines is 1. The van der Waals surface area contributed by atoms with Crippen molar-refractivity contribution >= 4 is 38.4 Å². The smallest absolute Gasteiger partial charge is 0.261 e. The van der Waals surface area contributed by atoms with Crippen LogP contribution in [0.5, 0.6) is 0 Å². The van der Waals surface area contributed by atoms with Gasteiger partial charge in [0.1, 0.15) is 11.4 Å². The fraction of sp³-hybridized carbons (Fsp3) is 0.0588. The van der Waals surface area contributed by atoms with Crippen LogP contribution in [0.3, 0.4) is 0 Å². The number of carbonyl (C=O) groups is 1. The van der Waals surface area contributed by atoms with Crippen LogP contribution in [0.15, 0.2) is 51.7 Å². The summed E-state index contributed by atoms with van der Waals surface area (Å²) in [5.41, 5.74) is 1.32. The van der Waals surface area contributed by atoms with Crippen LogP contribution >= 0.6 is 15.9 Å². The zero-order valence-electron chi connectivity index (χ0n) is 12.1. The van der Waals surface area contributed by atoms with Crippen LogP contribution < -0.4 is 10.9 Å². The highest BCUT2D eigenvalue weighted by molar-refractivity contribution is 9.10.